The Morgan fingerprint density at radius 3 is 2.76 bits per heavy atom. The fraction of sp³-hybridized carbons (Fsp3) is 0.625. The number of aromatic nitrogens is 1. The monoisotopic (exact) mass is 291 g/mol. The number of nitrogens with one attached hydrogen (secondary N) is 1. The highest BCUT2D eigenvalue weighted by Gasteiger charge is 2.36. The summed E-state index contributed by atoms with van der Waals surface area (Å²) in [6.07, 6.45) is 4.25. The predicted molar refractivity (Wildman–Crippen MR) is 83.6 cm³/mol. The van der Waals surface area contributed by atoms with Crippen molar-refractivity contribution < 1.29 is 9.53 Å². The lowest BCUT2D eigenvalue weighted by molar-refractivity contribution is 0.0473. The van der Waals surface area contributed by atoms with Crippen LogP contribution in [0.4, 0.5) is 10.5 Å². The van der Waals surface area contributed by atoms with Crippen molar-refractivity contribution >= 4 is 11.8 Å². The predicted octanol–water partition coefficient (Wildman–Crippen LogP) is 2.88. The second kappa shape index (κ2) is 5.54. The van der Waals surface area contributed by atoms with Crippen molar-refractivity contribution in [2.24, 2.45) is 0 Å². The fourth-order valence-electron chi connectivity index (χ4n) is 2.55. The zero-order valence-electron chi connectivity index (χ0n) is 13.6. The number of pyridine rings is 1. The Hall–Kier alpha value is -1.78. The van der Waals surface area contributed by atoms with Crippen molar-refractivity contribution in [1.82, 2.24) is 10.3 Å². The van der Waals surface area contributed by atoms with Gasteiger partial charge in [-0.2, -0.15) is 0 Å². The molecule has 21 heavy (non-hydrogen) atoms. The van der Waals surface area contributed by atoms with Gasteiger partial charge >= 0.3 is 6.09 Å². The van der Waals surface area contributed by atoms with Crippen LogP contribution in [0.25, 0.3) is 0 Å². The van der Waals surface area contributed by atoms with Gasteiger partial charge in [0.25, 0.3) is 0 Å². The zero-order chi connectivity index (χ0) is 15.7. The van der Waals surface area contributed by atoms with Gasteiger partial charge < -0.3 is 15.0 Å². The number of alkyl carbamates (subject to hydrolysis) is 1. The maximum atomic E-state index is 12.0. The summed E-state index contributed by atoms with van der Waals surface area (Å²) in [6, 6.07) is 2.12. The molecule has 0 aliphatic carbocycles. The molecule has 1 N–H and O–H groups in total. The Kier molecular flexibility index (Phi) is 4.12. The van der Waals surface area contributed by atoms with Gasteiger partial charge in [0.1, 0.15) is 5.60 Å². The van der Waals surface area contributed by atoms with Crippen molar-refractivity contribution in [3.63, 3.8) is 0 Å². The third-order valence-electron chi connectivity index (χ3n) is 3.50. The Balaban J connectivity index is 1.98. The van der Waals surface area contributed by atoms with Gasteiger partial charge in [-0.1, -0.05) is 0 Å². The van der Waals surface area contributed by atoms with Gasteiger partial charge in [-0.25, -0.2) is 4.79 Å². The van der Waals surface area contributed by atoms with Crippen molar-refractivity contribution in [1.29, 1.82) is 0 Å². The number of hydrogen-bond acceptors (Lipinski definition) is 4. The number of anilines is 1. The van der Waals surface area contributed by atoms with E-state index in [0.29, 0.717) is 0 Å². The number of carbonyl (C=O) groups excluding carboxylic acids is 1. The smallest absolute Gasteiger partial charge is 0.408 e. The first-order chi connectivity index (χ1) is 9.67. The summed E-state index contributed by atoms with van der Waals surface area (Å²) >= 11 is 0. The van der Waals surface area contributed by atoms with Crippen LogP contribution in [0.3, 0.4) is 0 Å². The normalized spacial score (nSPS) is 22.2. The fourth-order valence-corrected chi connectivity index (χ4v) is 2.55. The lowest BCUT2D eigenvalue weighted by Crippen LogP contribution is -2.49. The molecule has 2 rings (SSSR count). The molecule has 1 fully saturated rings. The molecule has 0 aromatic carbocycles. The highest BCUT2D eigenvalue weighted by Crippen LogP contribution is 2.27. The van der Waals surface area contributed by atoms with E-state index in [1.165, 1.54) is 0 Å². The zero-order valence-corrected chi connectivity index (χ0v) is 13.6. The molecule has 0 unspecified atom stereocenters. The minimum absolute atomic E-state index is 0.272. The molecule has 1 amide bonds. The number of hydrogen-bond donors (Lipinski definition) is 1. The van der Waals surface area contributed by atoms with Crippen LogP contribution in [-0.2, 0) is 4.74 Å². The summed E-state index contributed by atoms with van der Waals surface area (Å²) in [4.78, 5) is 18.4. The minimum Gasteiger partial charge on any atom is -0.444 e. The summed E-state index contributed by atoms with van der Waals surface area (Å²) in [5.74, 6) is 0. The van der Waals surface area contributed by atoms with E-state index in [1.807, 2.05) is 40.1 Å². The van der Waals surface area contributed by atoms with Gasteiger partial charge in [0.15, 0.2) is 0 Å². The highest BCUT2D eigenvalue weighted by molar-refractivity contribution is 5.69. The number of aryl methyl sites for hydroxylation is 1. The third-order valence-corrected chi connectivity index (χ3v) is 3.50. The van der Waals surface area contributed by atoms with Crippen LogP contribution in [0.15, 0.2) is 18.5 Å². The van der Waals surface area contributed by atoms with Gasteiger partial charge in [-0.15, -0.1) is 0 Å². The molecule has 5 nitrogen and oxygen atoms in total. The van der Waals surface area contributed by atoms with E-state index < -0.39 is 5.60 Å². The summed E-state index contributed by atoms with van der Waals surface area (Å²) in [7, 11) is 0. The molecule has 1 aliphatic rings. The summed E-state index contributed by atoms with van der Waals surface area (Å²) in [5.41, 5.74) is 1.50. The number of ether oxygens (including phenoxy) is 1. The third kappa shape index (κ3) is 4.34. The van der Waals surface area contributed by atoms with Crippen LogP contribution in [0, 0.1) is 6.92 Å². The van der Waals surface area contributed by atoms with Crippen molar-refractivity contribution in [2.75, 3.05) is 18.0 Å². The summed E-state index contributed by atoms with van der Waals surface area (Å²) < 4.78 is 5.34. The van der Waals surface area contributed by atoms with Crippen molar-refractivity contribution in [3.05, 3.63) is 24.0 Å². The SMILES string of the molecule is Cc1cncc(N2CC[C@@](C)(NC(=O)OC(C)(C)C)C2)c1. The quantitative estimate of drug-likeness (QED) is 0.910. The van der Waals surface area contributed by atoms with Gasteiger partial charge in [0.05, 0.1) is 17.4 Å². The van der Waals surface area contributed by atoms with E-state index in [9.17, 15) is 4.79 Å². The lowest BCUT2D eigenvalue weighted by atomic mass is 10.0. The first kappa shape index (κ1) is 15.6. The van der Waals surface area contributed by atoms with Crippen LogP contribution >= 0.6 is 0 Å². The molecule has 0 spiro atoms. The Bertz CT molecular complexity index is 524. The number of amides is 1. The second-order valence-electron chi connectivity index (χ2n) is 7.08. The van der Waals surface area contributed by atoms with Gasteiger partial charge in [0.2, 0.25) is 0 Å². The van der Waals surface area contributed by atoms with Gasteiger partial charge in [0, 0.05) is 19.3 Å². The van der Waals surface area contributed by atoms with Crippen LogP contribution in [0.2, 0.25) is 0 Å². The maximum absolute atomic E-state index is 12.0. The number of rotatable bonds is 2. The van der Waals surface area contributed by atoms with Crippen LogP contribution < -0.4 is 10.2 Å². The molecule has 0 saturated carbocycles. The maximum Gasteiger partial charge on any atom is 0.408 e. The standard InChI is InChI=1S/C16H25N3O2/c1-12-8-13(10-17-9-12)19-7-6-16(5,11-19)18-14(20)21-15(2,3)4/h8-10H,6-7,11H2,1-5H3,(H,18,20)/t16-/m1/s1. The van der Waals surface area contributed by atoms with E-state index in [-0.39, 0.29) is 11.6 Å². The molecule has 1 saturated heterocycles. The molecule has 2 heterocycles. The van der Waals surface area contributed by atoms with Crippen molar-refractivity contribution in [3.8, 4) is 0 Å². The van der Waals surface area contributed by atoms with E-state index in [2.05, 4.69) is 28.2 Å². The topological polar surface area (TPSA) is 54.5 Å². The second-order valence-corrected chi connectivity index (χ2v) is 7.08. The number of carbonyl (C=O) groups is 1. The molecule has 1 atom stereocenters. The highest BCUT2D eigenvalue weighted by atomic mass is 16.6. The summed E-state index contributed by atoms with van der Waals surface area (Å²) in [6.45, 7) is 11.4. The van der Waals surface area contributed by atoms with Gasteiger partial charge in [-0.05, 0) is 52.7 Å². The van der Waals surface area contributed by atoms with E-state index in [0.717, 1.165) is 30.8 Å². The first-order valence-corrected chi connectivity index (χ1v) is 7.35. The summed E-state index contributed by atoms with van der Waals surface area (Å²) in [5, 5.41) is 3.00. The minimum atomic E-state index is -0.473. The Morgan fingerprint density at radius 2 is 2.14 bits per heavy atom. The average Bonchev–Trinajstić information content (AvgIpc) is 2.68. The van der Waals surface area contributed by atoms with Crippen LogP contribution in [0.1, 0.15) is 39.7 Å². The molecule has 1 aliphatic heterocycles. The van der Waals surface area contributed by atoms with Crippen LogP contribution in [-0.4, -0.2) is 35.3 Å². The Morgan fingerprint density at radius 1 is 1.43 bits per heavy atom. The molecule has 1 aromatic rings. The molecule has 0 bridgehead atoms. The average molecular weight is 291 g/mol. The Labute approximate surface area is 126 Å². The number of nitrogens with zero attached hydrogens (tertiary/aromatic N) is 2. The molecule has 116 valence electrons. The largest absolute Gasteiger partial charge is 0.444 e. The molecular formula is C16H25N3O2. The molecular weight excluding hydrogens is 266 g/mol. The van der Waals surface area contributed by atoms with Gasteiger partial charge in [-0.3, -0.25) is 4.98 Å². The lowest BCUT2D eigenvalue weighted by Gasteiger charge is -2.28. The van der Waals surface area contributed by atoms with Crippen molar-refractivity contribution in [2.45, 2.75) is 52.2 Å². The molecule has 1 aromatic heterocycles. The molecule has 5 heteroatoms. The van der Waals surface area contributed by atoms with Crippen LogP contribution in [0.5, 0.6) is 0 Å². The van der Waals surface area contributed by atoms with E-state index in [1.54, 1.807) is 0 Å². The van der Waals surface area contributed by atoms with E-state index >= 15 is 0 Å². The van der Waals surface area contributed by atoms with E-state index in [4.69, 9.17) is 4.74 Å². The molecule has 0 radical (unpaired) electrons. The first-order valence-electron chi connectivity index (χ1n) is 7.35.